The maximum absolute atomic E-state index is 4.71. The molecular formula is C18H23ClN6S. The Hall–Kier alpha value is -1.54. The van der Waals surface area contributed by atoms with Gasteiger partial charge in [0.05, 0.1) is 12.2 Å². The highest BCUT2D eigenvalue weighted by Gasteiger charge is 2.56. The summed E-state index contributed by atoms with van der Waals surface area (Å²) in [7, 11) is 0. The molecule has 1 unspecified atom stereocenters. The van der Waals surface area contributed by atoms with Crippen LogP contribution in [0.5, 0.6) is 0 Å². The number of nitrogens with one attached hydrogen (secondary N) is 1. The molecular weight excluding hydrogens is 368 g/mol. The van der Waals surface area contributed by atoms with Crippen molar-refractivity contribution >= 4 is 29.5 Å². The molecule has 1 N–H and O–H groups in total. The second-order valence-corrected chi connectivity index (χ2v) is 8.20. The van der Waals surface area contributed by atoms with E-state index >= 15 is 0 Å². The van der Waals surface area contributed by atoms with Crippen molar-refractivity contribution in [1.29, 1.82) is 0 Å². The summed E-state index contributed by atoms with van der Waals surface area (Å²) in [6.45, 7) is 4.08. The van der Waals surface area contributed by atoms with Gasteiger partial charge in [-0.05, 0) is 43.8 Å². The van der Waals surface area contributed by atoms with E-state index in [1.165, 1.54) is 24.3 Å². The van der Waals surface area contributed by atoms with Crippen molar-refractivity contribution in [2.24, 2.45) is 5.41 Å². The Morgan fingerprint density at radius 1 is 1.23 bits per heavy atom. The molecule has 1 saturated carbocycles. The number of nitrogens with zero attached hydrogens (tertiary/aromatic N) is 5. The molecule has 3 aromatic rings. The minimum absolute atomic E-state index is 0. The molecule has 0 bridgehead atoms. The minimum atomic E-state index is 0. The van der Waals surface area contributed by atoms with Crippen LogP contribution in [0.25, 0.3) is 5.78 Å². The molecule has 1 atom stereocenters. The quantitative estimate of drug-likeness (QED) is 0.725. The van der Waals surface area contributed by atoms with E-state index in [1.807, 2.05) is 22.9 Å². The summed E-state index contributed by atoms with van der Waals surface area (Å²) in [5.41, 5.74) is 1.60. The smallest absolute Gasteiger partial charge is 0.233 e. The van der Waals surface area contributed by atoms with E-state index in [2.05, 4.69) is 31.8 Å². The summed E-state index contributed by atoms with van der Waals surface area (Å²) in [5.74, 6) is 0.777. The summed E-state index contributed by atoms with van der Waals surface area (Å²) < 4.78 is 2.00. The number of imidazole rings is 1. The molecule has 0 amide bonds. The van der Waals surface area contributed by atoms with Crippen LogP contribution in [0, 0.1) is 5.41 Å². The van der Waals surface area contributed by atoms with E-state index in [9.17, 15) is 0 Å². The summed E-state index contributed by atoms with van der Waals surface area (Å²) in [5, 5.41) is 6.76. The second-order valence-electron chi connectivity index (χ2n) is 7.22. The van der Waals surface area contributed by atoms with Crippen molar-refractivity contribution in [3.63, 3.8) is 0 Å². The fourth-order valence-corrected chi connectivity index (χ4v) is 4.89. The number of fused-ring (bicyclic) bond motifs is 1. The predicted molar refractivity (Wildman–Crippen MR) is 105 cm³/mol. The van der Waals surface area contributed by atoms with Crippen LogP contribution >= 0.6 is 23.7 Å². The molecule has 2 aliphatic rings. The molecule has 0 aromatic carbocycles. The molecule has 2 fully saturated rings. The molecule has 1 spiro atoms. The van der Waals surface area contributed by atoms with Crippen LogP contribution in [0.15, 0.2) is 36.2 Å². The van der Waals surface area contributed by atoms with Gasteiger partial charge in [-0.3, -0.25) is 9.30 Å². The number of hydrogen-bond acceptors (Lipinski definition) is 6. The lowest BCUT2D eigenvalue weighted by atomic mass is 9.93. The van der Waals surface area contributed by atoms with Crippen LogP contribution in [-0.4, -0.2) is 43.4 Å². The van der Waals surface area contributed by atoms with Gasteiger partial charge < -0.3 is 5.32 Å². The van der Waals surface area contributed by atoms with Crippen molar-refractivity contribution in [3.8, 4) is 0 Å². The monoisotopic (exact) mass is 390 g/mol. The van der Waals surface area contributed by atoms with Crippen LogP contribution in [0.1, 0.15) is 30.0 Å². The van der Waals surface area contributed by atoms with Gasteiger partial charge in [-0.15, -0.1) is 23.7 Å². The molecule has 3 aromatic heterocycles. The third-order valence-corrected chi connectivity index (χ3v) is 6.42. The lowest BCUT2D eigenvalue weighted by Gasteiger charge is -2.28. The average molecular weight is 391 g/mol. The first-order chi connectivity index (χ1) is 12.3. The molecule has 8 heteroatoms. The van der Waals surface area contributed by atoms with E-state index in [0.29, 0.717) is 11.5 Å². The van der Waals surface area contributed by atoms with Crippen LogP contribution in [0.3, 0.4) is 0 Å². The normalized spacial score (nSPS) is 21.2. The Labute approximate surface area is 163 Å². The molecule has 138 valence electrons. The molecule has 4 heterocycles. The van der Waals surface area contributed by atoms with Crippen LogP contribution < -0.4 is 5.32 Å². The molecule has 26 heavy (non-hydrogen) atoms. The lowest BCUT2D eigenvalue weighted by molar-refractivity contribution is 0.186. The van der Waals surface area contributed by atoms with Gasteiger partial charge in [0.25, 0.3) is 0 Å². The van der Waals surface area contributed by atoms with Gasteiger partial charge in [0.1, 0.15) is 5.01 Å². The summed E-state index contributed by atoms with van der Waals surface area (Å²) in [6.07, 6.45) is 11.7. The highest BCUT2D eigenvalue weighted by atomic mass is 35.5. The Balaban J connectivity index is 0.00000168. The largest absolute Gasteiger partial charge is 0.317 e. The van der Waals surface area contributed by atoms with E-state index in [4.69, 9.17) is 4.98 Å². The zero-order chi connectivity index (χ0) is 16.7. The third-order valence-electron chi connectivity index (χ3n) is 5.66. The Morgan fingerprint density at radius 2 is 2.12 bits per heavy atom. The summed E-state index contributed by atoms with van der Waals surface area (Å²) in [4.78, 5) is 16.1. The van der Waals surface area contributed by atoms with Gasteiger partial charge in [-0.25, -0.2) is 15.0 Å². The Kier molecular flexibility index (Phi) is 4.96. The molecule has 0 radical (unpaired) electrons. The highest BCUT2D eigenvalue weighted by molar-refractivity contribution is 7.09. The number of aromatic nitrogens is 4. The third kappa shape index (κ3) is 3.36. The van der Waals surface area contributed by atoms with Crippen molar-refractivity contribution in [2.45, 2.75) is 38.4 Å². The van der Waals surface area contributed by atoms with Crippen molar-refractivity contribution in [2.75, 3.05) is 13.1 Å². The number of rotatable bonds is 5. The van der Waals surface area contributed by atoms with Gasteiger partial charge in [-0.2, -0.15) is 0 Å². The zero-order valence-corrected chi connectivity index (χ0v) is 16.2. The fourth-order valence-electron chi connectivity index (χ4n) is 4.25. The first kappa shape index (κ1) is 17.9. The Bertz CT molecular complexity index is 825. The van der Waals surface area contributed by atoms with Crippen LogP contribution in [0.2, 0.25) is 0 Å². The molecule has 1 aliphatic heterocycles. The predicted octanol–water partition coefficient (Wildman–Crippen LogP) is 2.75. The summed E-state index contributed by atoms with van der Waals surface area (Å²) in [6, 6.07) is 2.59. The number of piperidine rings is 1. The maximum Gasteiger partial charge on any atom is 0.233 e. The second kappa shape index (κ2) is 7.23. The average Bonchev–Trinajstić information content (AvgIpc) is 3.02. The fraction of sp³-hybridized carbons (Fsp3) is 0.500. The zero-order valence-electron chi connectivity index (χ0n) is 14.5. The standard InChI is InChI=1S/C18H22N6S.ClH/c1-4-21-17-22-14(11-23(17)8-1)12-24(13-16-20-7-9-25-16)15-10-18(15)2-5-19-6-3-18;/h1,4,7-9,11,15,19H,2-3,5-6,10,12-13H2;1H. The molecule has 5 rings (SSSR count). The molecule has 1 saturated heterocycles. The van der Waals surface area contributed by atoms with E-state index in [-0.39, 0.29) is 12.4 Å². The van der Waals surface area contributed by atoms with Crippen LogP contribution in [-0.2, 0) is 13.1 Å². The van der Waals surface area contributed by atoms with Gasteiger partial charge in [-0.1, -0.05) is 0 Å². The topological polar surface area (TPSA) is 58.4 Å². The first-order valence-corrected chi connectivity index (χ1v) is 9.82. The van der Waals surface area contributed by atoms with Gasteiger partial charge in [0.2, 0.25) is 5.78 Å². The molecule has 1 aliphatic carbocycles. The van der Waals surface area contributed by atoms with Crippen molar-refractivity contribution < 1.29 is 0 Å². The number of hydrogen-bond donors (Lipinski definition) is 1. The summed E-state index contributed by atoms with van der Waals surface area (Å²) >= 11 is 1.74. The van der Waals surface area contributed by atoms with Crippen molar-refractivity contribution in [1.82, 2.24) is 29.6 Å². The lowest BCUT2D eigenvalue weighted by Crippen LogP contribution is -2.35. The van der Waals surface area contributed by atoms with Crippen molar-refractivity contribution in [3.05, 3.63) is 46.9 Å². The maximum atomic E-state index is 4.71. The van der Waals surface area contributed by atoms with E-state index < -0.39 is 0 Å². The van der Waals surface area contributed by atoms with Gasteiger partial charge in [0, 0.05) is 42.8 Å². The van der Waals surface area contributed by atoms with Gasteiger partial charge >= 0.3 is 0 Å². The molecule has 6 nitrogen and oxygen atoms in total. The SMILES string of the molecule is Cl.c1cnc2nc(CN(Cc3nccs3)C3CC34CCNCC4)cn2c1. The Morgan fingerprint density at radius 3 is 2.88 bits per heavy atom. The number of thiazole rings is 1. The first-order valence-electron chi connectivity index (χ1n) is 8.94. The van der Waals surface area contributed by atoms with E-state index in [1.54, 1.807) is 17.5 Å². The highest BCUT2D eigenvalue weighted by Crippen LogP contribution is 2.56. The number of halogens is 1. The minimum Gasteiger partial charge on any atom is -0.317 e. The van der Waals surface area contributed by atoms with E-state index in [0.717, 1.165) is 37.7 Å². The van der Waals surface area contributed by atoms with Gasteiger partial charge in [0.15, 0.2) is 0 Å². The van der Waals surface area contributed by atoms with Crippen LogP contribution in [0.4, 0.5) is 0 Å².